The van der Waals surface area contributed by atoms with E-state index in [1.165, 1.54) is 33.0 Å². The molecule has 4 rings (SSSR count). The number of hydrogen-bond acceptors (Lipinski definition) is 0. The van der Waals surface area contributed by atoms with E-state index in [4.69, 9.17) is 0 Å². The molecule has 0 nitrogen and oxygen atoms in total. The van der Waals surface area contributed by atoms with Crippen LogP contribution in [0.15, 0.2) is 48.6 Å². The standard InChI is InChI=1S/C23H26/c1-15(2)18-14-20-21(17-11-7-6-10-16(17)18)19-12-8-9-13-23(19,5)22(20,3)4/h6-12,14-15H,13H2,1-5H3. The van der Waals surface area contributed by atoms with Crippen molar-refractivity contribution in [3.63, 3.8) is 0 Å². The van der Waals surface area contributed by atoms with Gasteiger partial charge in [-0.05, 0) is 45.4 Å². The van der Waals surface area contributed by atoms with Gasteiger partial charge in [0.2, 0.25) is 0 Å². The van der Waals surface area contributed by atoms with Gasteiger partial charge in [-0.2, -0.15) is 0 Å². The van der Waals surface area contributed by atoms with Crippen LogP contribution in [0.3, 0.4) is 0 Å². The van der Waals surface area contributed by atoms with Gasteiger partial charge in [0, 0.05) is 10.8 Å². The summed E-state index contributed by atoms with van der Waals surface area (Å²) in [5.74, 6) is 0.545. The molecule has 2 aliphatic carbocycles. The topological polar surface area (TPSA) is 0 Å². The van der Waals surface area contributed by atoms with Crippen molar-refractivity contribution < 1.29 is 0 Å². The lowest BCUT2D eigenvalue weighted by Gasteiger charge is -2.40. The molecular weight excluding hydrogens is 276 g/mol. The number of fused-ring (bicyclic) bond motifs is 5. The summed E-state index contributed by atoms with van der Waals surface area (Å²) >= 11 is 0. The third-order valence-corrected chi connectivity index (χ3v) is 6.54. The summed E-state index contributed by atoms with van der Waals surface area (Å²) in [6.07, 6.45) is 8.07. The van der Waals surface area contributed by atoms with E-state index in [0.717, 1.165) is 6.42 Å². The smallest absolute Gasteiger partial charge is 0.00572 e. The fourth-order valence-electron chi connectivity index (χ4n) is 4.67. The van der Waals surface area contributed by atoms with Gasteiger partial charge in [-0.25, -0.2) is 0 Å². The van der Waals surface area contributed by atoms with Crippen molar-refractivity contribution in [2.45, 2.75) is 52.4 Å². The Kier molecular flexibility index (Phi) is 2.95. The molecule has 2 aromatic rings. The molecule has 23 heavy (non-hydrogen) atoms. The van der Waals surface area contributed by atoms with Crippen LogP contribution in [0.2, 0.25) is 0 Å². The number of benzene rings is 2. The van der Waals surface area contributed by atoms with Crippen LogP contribution < -0.4 is 0 Å². The molecule has 1 atom stereocenters. The zero-order valence-corrected chi connectivity index (χ0v) is 14.9. The Bertz CT molecular complexity index is 861. The number of allylic oxidation sites excluding steroid dienone is 4. The van der Waals surface area contributed by atoms with Crippen LogP contribution in [0.1, 0.15) is 63.6 Å². The van der Waals surface area contributed by atoms with Crippen molar-refractivity contribution in [1.29, 1.82) is 0 Å². The van der Waals surface area contributed by atoms with Crippen molar-refractivity contribution in [3.05, 3.63) is 65.3 Å². The normalized spacial score (nSPS) is 24.7. The fraction of sp³-hybridized carbons (Fsp3) is 0.391. The first kappa shape index (κ1) is 14.8. The molecule has 118 valence electrons. The van der Waals surface area contributed by atoms with Crippen LogP contribution in [0.25, 0.3) is 16.3 Å². The Labute approximate surface area is 139 Å². The van der Waals surface area contributed by atoms with Gasteiger partial charge in [0.15, 0.2) is 0 Å². The van der Waals surface area contributed by atoms with E-state index >= 15 is 0 Å². The van der Waals surface area contributed by atoms with Crippen molar-refractivity contribution in [1.82, 2.24) is 0 Å². The van der Waals surface area contributed by atoms with Crippen molar-refractivity contribution in [2.75, 3.05) is 0 Å². The molecular formula is C23H26. The Hall–Kier alpha value is -1.82. The van der Waals surface area contributed by atoms with Gasteiger partial charge in [0.05, 0.1) is 0 Å². The van der Waals surface area contributed by atoms with E-state index in [1.54, 1.807) is 0 Å². The van der Waals surface area contributed by atoms with Crippen LogP contribution in [0.4, 0.5) is 0 Å². The highest BCUT2D eigenvalue weighted by molar-refractivity contribution is 6.01. The second-order valence-corrected chi connectivity index (χ2v) is 8.26. The summed E-state index contributed by atoms with van der Waals surface area (Å²) in [7, 11) is 0. The Morgan fingerprint density at radius 3 is 2.39 bits per heavy atom. The van der Waals surface area contributed by atoms with Crippen LogP contribution in [0.5, 0.6) is 0 Å². The third-order valence-electron chi connectivity index (χ3n) is 6.54. The van der Waals surface area contributed by atoms with Crippen molar-refractivity contribution >= 4 is 16.3 Å². The van der Waals surface area contributed by atoms with E-state index in [1.807, 2.05) is 0 Å². The lowest BCUT2D eigenvalue weighted by molar-refractivity contribution is 0.271. The van der Waals surface area contributed by atoms with Crippen LogP contribution in [0, 0.1) is 5.41 Å². The molecule has 0 fully saturated rings. The Balaban J connectivity index is 2.18. The molecule has 0 radical (unpaired) electrons. The second kappa shape index (κ2) is 4.60. The highest BCUT2D eigenvalue weighted by Crippen LogP contribution is 2.62. The van der Waals surface area contributed by atoms with Gasteiger partial charge in [-0.1, -0.05) is 83.2 Å². The van der Waals surface area contributed by atoms with Crippen molar-refractivity contribution in [3.8, 4) is 0 Å². The van der Waals surface area contributed by atoms with Gasteiger partial charge in [-0.3, -0.25) is 0 Å². The summed E-state index contributed by atoms with van der Waals surface area (Å²) in [6.45, 7) is 11.9. The van der Waals surface area contributed by atoms with Crippen LogP contribution >= 0.6 is 0 Å². The average Bonchev–Trinajstić information content (AvgIpc) is 2.71. The maximum Gasteiger partial charge on any atom is 0.00572 e. The summed E-state index contributed by atoms with van der Waals surface area (Å²) in [6, 6.07) is 11.5. The predicted octanol–water partition coefficient (Wildman–Crippen LogP) is 6.60. The van der Waals surface area contributed by atoms with E-state index in [-0.39, 0.29) is 10.8 Å². The predicted molar refractivity (Wildman–Crippen MR) is 101 cm³/mol. The molecule has 0 aromatic heterocycles. The monoisotopic (exact) mass is 302 g/mol. The van der Waals surface area contributed by atoms with Gasteiger partial charge < -0.3 is 0 Å². The fourth-order valence-corrected chi connectivity index (χ4v) is 4.67. The highest BCUT2D eigenvalue weighted by atomic mass is 14.5. The minimum absolute atomic E-state index is 0.159. The molecule has 0 saturated heterocycles. The Morgan fingerprint density at radius 2 is 1.70 bits per heavy atom. The lowest BCUT2D eigenvalue weighted by atomic mass is 9.63. The average molecular weight is 302 g/mol. The first-order chi connectivity index (χ1) is 10.9. The zero-order valence-electron chi connectivity index (χ0n) is 14.9. The molecule has 0 N–H and O–H groups in total. The Morgan fingerprint density at radius 1 is 1.00 bits per heavy atom. The molecule has 2 aromatic carbocycles. The summed E-state index contributed by atoms with van der Waals surface area (Å²) in [5, 5.41) is 2.86. The first-order valence-corrected chi connectivity index (χ1v) is 8.82. The largest absolute Gasteiger partial charge is 0.0836 e. The van der Waals surface area contributed by atoms with Crippen LogP contribution in [-0.4, -0.2) is 0 Å². The summed E-state index contributed by atoms with van der Waals surface area (Å²) in [4.78, 5) is 0. The highest BCUT2D eigenvalue weighted by Gasteiger charge is 2.52. The molecule has 0 heterocycles. The maximum absolute atomic E-state index is 2.51. The van der Waals surface area contributed by atoms with E-state index in [0.29, 0.717) is 5.92 Å². The molecule has 1 unspecified atom stereocenters. The first-order valence-electron chi connectivity index (χ1n) is 8.82. The van der Waals surface area contributed by atoms with E-state index < -0.39 is 0 Å². The molecule has 0 spiro atoms. The van der Waals surface area contributed by atoms with Crippen LogP contribution in [-0.2, 0) is 5.41 Å². The van der Waals surface area contributed by atoms with Gasteiger partial charge in [-0.15, -0.1) is 0 Å². The zero-order chi connectivity index (χ0) is 16.4. The maximum atomic E-state index is 2.51. The number of hydrogen-bond donors (Lipinski definition) is 0. The van der Waals surface area contributed by atoms with Gasteiger partial charge >= 0.3 is 0 Å². The summed E-state index contributed by atoms with van der Waals surface area (Å²) < 4.78 is 0. The molecule has 0 amide bonds. The molecule has 0 heteroatoms. The molecule has 0 bridgehead atoms. The third kappa shape index (κ3) is 1.73. The SMILES string of the molecule is CC(C)c1cc2c(c3ccccc13)C1=CC=CCC1(C)C2(C)C. The van der Waals surface area contributed by atoms with E-state index in [9.17, 15) is 0 Å². The number of rotatable bonds is 1. The molecule has 0 saturated carbocycles. The molecule has 0 aliphatic heterocycles. The minimum Gasteiger partial charge on any atom is -0.0836 e. The van der Waals surface area contributed by atoms with E-state index in [2.05, 4.69) is 83.2 Å². The van der Waals surface area contributed by atoms with Gasteiger partial charge in [0.1, 0.15) is 0 Å². The van der Waals surface area contributed by atoms with Gasteiger partial charge in [0.25, 0.3) is 0 Å². The summed E-state index contributed by atoms with van der Waals surface area (Å²) in [5.41, 5.74) is 6.42. The quantitative estimate of drug-likeness (QED) is 0.556. The molecule has 2 aliphatic rings. The second-order valence-electron chi connectivity index (χ2n) is 8.26. The lowest BCUT2D eigenvalue weighted by Crippen LogP contribution is -2.35. The van der Waals surface area contributed by atoms with Crippen molar-refractivity contribution in [2.24, 2.45) is 5.41 Å². The minimum atomic E-state index is 0.159.